The van der Waals surface area contributed by atoms with Crippen LogP contribution in [0.15, 0.2) is 60.8 Å². The van der Waals surface area contributed by atoms with Crippen LogP contribution in [0.3, 0.4) is 0 Å². The Morgan fingerprint density at radius 1 is 1.11 bits per heavy atom. The van der Waals surface area contributed by atoms with E-state index in [1.165, 1.54) is 6.08 Å². The number of carbonyl (C=O) groups is 2. The number of morpholine rings is 1. The molecule has 5 rings (SSSR count). The number of amides is 2. The van der Waals surface area contributed by atoms with Gasteiger partial charge in [-0.05, 0) is 53.1 Å². The number of benzene rings is 2. The van der Waals surface area contributed by atoms with E-state index in [2.05, 4.69) is 10.3 Å². The van der Waals surface area contributed by atoms with Crippen LogP contribution in [0, 0.1) is 0 Å². The molecule has 2 amide bonds. The molecule has 0 radical (unpaired) electrons. The Balaban J connectivity index is 1.23. The lowest BCUT2D eigenvalue weighted by Gasteiger charge is -2.26. The van der Waals surface area contributed by atoms with Gasteiger partial charge < -0.3 is 25.4 Å². The predicted octanol–water partition coefficient (Wildman–Crippen LogP) is 3.59. The highest BCUT2D eigenvalue weighted by Crippen LogP contribution is 2.42. The summed E-state index contributed by atoms with van der Waals surface area (Å²) in [6.07, 6.45) is 5.09. The largest absolute Gasteiger partial charge is 0.486 e. The summed E-state index contributed by atoms with van der Waals surface area (Å²) in [6.45, 7) is 2.68. The molecule has 1 unspecified atom stereocenters. The highest BCUT2D eigenvalue weighted by atomic mass is 35.5. The first-order valence-electron chi connectivity index (χ1n) is 12.1. The number of halogens is 1. The third-order valence-electron chi connectivity index (χ3n) is 6.41. The number of hydrogen-bond donors (Lipinski definition) is 2. The fraction of sp³-hybridized carbons (Fsp3) is 0.250. The molecule has 0 saturated carbocycles. The van der Waals surface area contributed by atoms with Gasteiger partial charge in [-0.1, -0.05) is 29.8 Å². The van der Waals surface area contributed by atoms with Gasteiger partial charge in [0.25, 0.3) is 5.91 Å². The molecule has 1 saturated heterocycles. The molecule has 9 heteroatoms. The van der Waals surface area contributed by atoms with E-state index in [0.717, 1.165) is 22.3 Å². The quantitative estimate of drug-likeness (QED) is 0.483. The second-order valence-corrected chi connectivity index (χ2v) is 9.33. The van der Waals surface area contributed by atoms with Crippen molar-refractivity contribution in [2.24, 2.45) is 0 Å². The van der Waals surface area contributed by atoms with Gasteiger partial charge in [-0.25, -0.2) is 4.98 Å². The summed E-state index contributed by atoms with van der Waals surface area (Å²) in [5, 5.41) is 3.41. The molecule has 0 spiro atoms. The minimum atomic E-state index is -0.244. The molecule has 2 aliphatic heterocycles. The summed E-state index contributed by atoms with van der Waals surface area (Å²) < 4.78 is 11.4. The first kappa shape index (κ1) is 24.8. The van der Waals surface area contributed by atoms with E-state index >= 15 is 0 Å². The van der Waals surface area contributed by atoms with E-state index in [1.807, 2.05) is 41.3 Å². The molecular weight excluding hydrogens is 492 g/mol. The van der Waals surface area contributed by atoms with Crippen LogP contribution in [-0.2, 0) is 16.0 Å². The van der Waals surface area contributed by atoms with Gasteiger partial charge in [-0.3, -0.25) is 9.59 Å². The summed E-state index contributed by atoms with van der Waals surface area (Å²) >= 11 is 6.44. The van der Waals surface area contributed by atoms with E-state index < -0.39 is 0 Å². The zero-order chi connectivity index (χ0) is 25.8. The molecule has 8 nitrogen and oxygen atoms in total. The number of nitrogens with one attached hydrogen (secondary N) is 1. The van der Waals surface area contributed by atoms with Crippen LogP contribution in [0.4, 0.5) is 5.82 Å². The van der Waals surface area contributed by atoms with Crippen molar-refractivity contribution in [1.82, 2.24) is 15.2 Å². The second-order valence-electron chi connectivity index (χ2n) is 8.92. The number of nitrogens with zero attached hydrogens (tertiary/aromatic N) is 2. The number of fused-ring (bicyclic) bond motifs is 1. The zero-order valence-corrected chi connectivity index (χ0v) is 20.9. The van der Waals surface area contributed by atoms with Crippen molar-refractivity contribution in [3.05, 3.63) is 82.5 Å². The summed E-state index contributed by atoms with van der Waals surface area (Å²) in [5.74, 6) is 0.839. The smallest absolute Gasteiger partial charge is 0.254 e. The van der Waals surface area contributed by atoms with Crippen molar-refractivity contribution in [2.75, 3.05) is 38.6 Å². The summed E-state index contributed by atoms with van der Waals surface area (Å²) in [4.78, 5) is 30.9. The highest BCUT2D eigenvalue weighted by Gasteiger charge is 2.28. The second kappa shape index (κ2) is 11.0. The van der Waals surface area contributed by atoms with Crippen LogP contribution in [0.5, 0.6) is 5.75 Å². The van der Waals surface area contributed by atoms with Gasteiger partial charge in [0, 0.05) is 42.9 Å². The van der Waals surface area contributed by atoms with Crippen LogP contribution in [-0.4, -0.2) is 60.7 Å². The molecule has 3 N–H and O–H groups in total. The number of carbonyl (C=O) groups excluding carboxylic acids is 2. The molecule has 2 aliphatic rings. The number of hydrogen-bond acceptors (Lipinski definition) is 6. The fourth-order valence-corrected chi connectivity index (χ4v) is 4.67. The monoisotopic (exact) mass is 518 g/mol. The summed E-state index contributed by atoms with van der Waals surface area (Å²) in [5.41, 5.74) is 9.97. The minimum Gasteiger partial charge on any atom is -0.486 e. The molecule has 0 aliphatic carbocycles. The molecule has 37 heavy (non-hydrogen) atoms. The number of rotatable bonds is 6. The van der Waals surface area contributed by atoms with Crippen molar-refractivity contribution >= 4 is 35.3 Å². The Hall–Kier alpha value is -3.88. The van der Waals surface area contributed by atoms with E-state index in [0.29, 0.717) is 61.4 Å². The Labute approximate surface area is 220 Å². The molecule has 3 heterocycles. The standard InChI is InChI=1S/C28H27ClN4O4/c29-24-8-7-22(19-3-5-20(6-4-19)28(35)33-11-13-36-14-12-33)23-15-21(37-27(23)24)17-32-26(34)10-2-18-1-9-25(30)31-16-18/h1-10,16,21H,11-15,17H2,(H2,30,31)(H,32,34). The minimum absolute atomic E-state index is 0.0111. The van der Waals surface area contributed by atoms with E-state index in [4.69, 9.17) is 26.8 Å². The number of anilines is 1. The normalized spacial score (nSPS) is 16.9. The van der Waals surface area contributed by atoms with Gasteiger partial charge in [0.15, 0.2) is 0 Å². The summed E-state index contributed by atoms with van der Waals surface area (Å²) in [6, 6.07) is 14.8. The highest BCUT2D eigenvalue weighted by molar-refractivity contribution is 6.32. The number of ether oxygens (including phenoxy) is 2. The Bertz CT molecular complexity index is 1320. The molecule has 1 fully saturated rings. The SMILES string of the molecule is Nc1ccc(C=CC(=O)NCC2Cc3c(-c4ccc(C(=O)N5CCOCC5)cc4)ccc(Cl)c3O2)cn1. The first-order chi connectivity index (χ1) is 18.0. The molecule has 3 aromatic rings. The van der Waals surface area contributed by atoms with E-state index in [9.17, 15) is 9.59 Å². The maximum Gasteiger partial charge on any atom is 0.254 e. The van der Waals surface area contributed by atoms with Crippen LogP contribution < -0.4 is 15.8 Å². The van der Waals surface area contributed by atoms with Crippen molar-refractivity contribution in [2.45, 2.75) is 12.5 Å². The summed E-state index contributed by atoms with van der Waals surface area (Å²) in [7, 11) is 0. The molecule has 1 aromatic heterocycles. The molecule has 0 bridgehead atoms. The lowest BCUT2D eigenvalue weighted by molar-refractivity contribution is -0.116. The molecule has 2 aromatic carbocycles. The Kier molecular flexibility index (Phi) is 7.39. The topological polar surface area (TPSA) is 107 Å². The molecule has 1 atom stereocenters. The van der Waals surface area contributed by atoms with Crippen molar-refractivity contribution < 1.29 is 19.1 Å². The molecule has 190 valence electrons. The van der Waals surface area contributed by atoms with Gasteiger partial charge >= 0.3 is 0 Å². The van der Waals surface area contributed by atoms with Crippen LogP contribution in [0.1, 0.15) is 21.5 Å². The first-order valence-corrected chi connectivity index (χ1v) is 12.5. The lowest BCUT2D eigenvalue weighted by Crippen LogP contribution is -2.40. The Morgan fingerprint density at radius 3 is 2.62 bits per heavy atom. The average Bonchev–Trinajstić information content (AvgIpc) is 3.37. The van der Waals surface area contributed by atoms with Crippen molar-refractivity contribution in [3.8, 4) is 16.9 Å². The number of nitrogen functional groups attached to an aromatic ring is 1. The number of aromatic nitrogens is 1. The van der Waals surface area contributed by atoms with Gasteiger partial charge in [0.05, 0.1) is 24.8 Å². The lowest BCUT2D eigenvalue weighted by atomic mass is 9.95. The van der Waals surface area contributed by atoms with Crippen molar-refractivity contribution in [1.29, 1.82) is 0 Å². The number of nitrogens with two attached hydrogens (primary N) is 1. The van der Waals surface area contributed by atoms with Gasteiger partial charge in [-0.2, -0.15) is 0 Å². The number of pyridine rings is 1. The van der Waals surface area contributed by atoms with Crippen LogP contribution >= 0.6 is 11.6 Å². The van der Waals surface area contributed by atoms with Crippen molar-refractivity contribution in [3.63, 3.8) is 0 Å². The fourth-order valence-electron chi connectivity index (χ4n) is 4.45. The van der Waals surface area contributed by atoms with Gasteiger partial charge in [0.2, 0.25) is 5.91 Å². The Morgan fingerprint density at radius 2 is 1.89 bits per heavy atom. The third-order valence-corrected chi connectivity index (χ3v) is 6.71. The molecular formula is C28H27ClN4O4. The van der Waals surface area contributed by atoms with Crippen LogP contribution in [0.2, 0.25) is 5.02 Å². The maximum absolute atomic E-state index is 12.8. The van der Waals surface area contributed by atoms with Crippen LogP contribution in [0.25, 0.3) is 17.2 Å². The van der Waals surface area contributed by atoms with Gasteiger partial charge in [-0.15, -0.1) is 0 Å². The average molecular weight is 519 g/mol. The van der Waals surface area contributed by atoms with E-state index in [-0.39, 0.29) is 17.9 Å². The maximum atomic E-state index is 12.8. The van der Waals surface area contributed by atoms with E-state index in [1.54, 1.807) is 24.4 Å². The third kappa shape index (κ3) is 5.76. The zero-order valence-electron chi connectivity index (χ0n) is 20.2. The van der Waals surface area contributed by atoms with Gasteiger partial charge in [0.1, 0.15) is 17.7 Å². The predicted molar refractivity (Wildman–Crippen MR) is 142 cm³/mol.